The van der Waals surface area contributed by atoms with Gasteiger partial charge in [-0.1, -0.05) is 55.4 Å². The summed E-state index contributed by atoms with van der Waals surface area (Å²) < 4.78 is 9.85. The van der Waals surface area contributed by atoms with Gasteiger partial charge in [0, 0.05) is 0 Å². The highest BCUT2D eigenvalue weighted by Gasteiger charge is 2.08. The molecule has 0 unspecified atom stereocenters. The maximum absolute atomic E-state index is 10.8. The number of rotatable bonds is 6. The Hall–Kier alpha value is -1.06. The predicted molar refractivity (Wildman–Crippen MR) is 81.3 cm³/mol. The lowest BCUT2D eigenvalue weighted by molar-refractivity contribution is -0.149. The number of ether oxygens (including phenoxy) is 2. The largest absolute Gasteiger partial charge is 0.465 e. The van der Waals surface area contributed by atoms with Crippen molar-refractivity contribution in [3.05, 3.63) is 0 Å². The van der Waals surface area contributed by atoms with Crippen LogP contribution in [0, 0.1) is 23.7 Å². The van der Waals surface area contributed by atoms with Crippen LogP contribution in [0.15, 0.2) is 0 Å². The van der Waals surface area contributed by atoms with Crippen molar-refractivity contribution in [3.63, 3.8) is 0 Å². The molecule has 0 amide bonds. The van der Waals surface area contributed by atoms with E-state index in [0.717, 1.165) is 0 Å². The number of carbonyl (C=O) groups excluding carboxylic acids is 2. The molecule has 0 rings (SSSR count). The first-order chi connectivity index (χ1) is 9.07. The maximum atomic E-state index is 10.8. The molecule has 0 atom stereocenters. The monoisotopic (exact) mass is 288 g/mol. The molecule has 0 fully saturated rings. The molecule has 4 nitrogen and oxygen atoms in total. The normalized spacial score (nSPS) is 10.6. The van der Waals surface area contributed by atoms with Gasteiger partial charge in [0.2, 0.25) is 0 Å². The highest BCUT2D eigenvalue weighted by atomic mass is 16.5. The van der Waals surface area contributed by atoms with E-state index in [1.807, 2.05) is 55.4 Å². The number of esters is 2. The summed E-state index contributed by atoms with van der Waals surface area (Å²) in [4.78, 5) is 21.7. The SMILES string of the molecule is CC(C)COC(=O)C(C)C.CC(C)COC(=O)C(C)C. The Morgan fingerprint density at radius 2 is 0.900 bits per heavy atom. The Labute approximate surface area is 124 Å². The molecule has 20 heavy (non-hydrogen) atoms. The van der Waals surface area contributed by atoms with Crippen molar-refractivity contribution in [3.8, 4) is 0 Å². The molecule has 0 bridgehead atoms. The van der Waals surface area contributed by atoms with Crippen LogP contribution in [0.4, 0.5) is 0 Å². The van der Waals surface area contributed by atoms with Crippen LogP contribution in [0.3, 0.4) is 0 Å². The summed E-state index contributed by atoms with van der Waals surface area (Å²) in [5, 5.41) is 0. The van der Waals surface area contributed by atoms with Crippen molar-refractivity contribution in [2.24, 2.45) is 23.7 Å². The summed E-state index contributed by atoms with van der Waals surface area (Å²) in [6.07, 6.45) is 0. The zero-order valence-corrected chi connectivity index (χ0v) is 14.4. The van der Waals surface area contributed by atoms with Gasteiger partial charge < -0.3 is 9.47 Å². The van der Waals surface area contributed by atoms with E-state index >= 15 is 0 Å². The van der Waals surface area contributed by atoms with Crippen LogP contribution < -0.4 is 0 Å². The highest BCUT2D eigenvalue weighted by Crippen LogP contribution is 2.00. The molecule has 0 aromatic rings. The first kappa shape index (κ1) is 21.2. The quantitative estimate of drug-likeness (QED) is 0.700. The molecule has 0 spiro atoms. The van der Waals surface area contributed by atoms with Gasteiger partial charge in [-0.3, -0.25) is 9.59 Å². The molecule has 0 saturated carbocycles. The van der Waals surface area contributed by atoms with Crippen LogP contribution in [0.2, 0.25) is 0 Å². The van der Waals surface area contributed by atoms with E-state index in [4.69, 9.17) is 9.47 Å². The van der Waals surface area contributed by atoms with Gasteiger partial charge in [0.1, 0.15) is 0 Å². The Morgan fingerprint density at radius 3 is 1.05 bits per heavy atom. The zero-order valence-electron chi connectivity index (χ0n) is 14.4. The van der Waals surface area contributed by atoms with Gasteiger partial charge in [0.15, 0.2) is 0 Å². The molecule has 0 aromatic heterocycles. The lowest BCUT2D eigenvalue weighted by Gasteiger charge is -2.08. The minimum atomic E-state index is -0.103. The third-order valence-electron chi connectivity index (χ3n) is 2.06. The van der Waals surface area contributed by atoms with Gasteiger partial charge in [0.25, 0.3) is 0 Å². The molecular weight excluding hydrogens is 256 g/mol. The molecule has 4 heteroatoms. The molecule has 0 saturated heterocycles. The van der Waals surface area contributed by atoms with E-state index in [0.29, 0.717) is 25.0 Å². The fourth-order valence-corrected chi connectivity index (χ4v) is 0.831. The molecule has 0 aliphatic rings. The summed E-state index contributed by atoms with van der Waals surface area (Å²) in [5.41, 5.74) is 0. The minimum Gasteiger partial charge on any atom is -0.465 e. The van der Waals surface area contributed by atoms with Crippen LogP contribution >= 0.6 is 0 Å². The van der Waals surface area contributed by atoms with E-state index in [1.165, 1.54) is 0 Å². The van der Waals surface area contributed by atoms with E-state index in [-0.39, 0.29) is 23.8 Å². The first-order valence-electron chi connectivity index (χ1n) is 7.41. The highest BCUT2D eigenvalue weighted by molar-refractivity contribution is 5.71. The standard InChI is InChI=1S/2C8H16O2/c2*1-6(2)5-10-8(9)7(3)4/h2*6-7H,5H2,1-4H3. The number of carbonyl (C=O) groups is 2. The summed E-state index contributed by atoms with van der Waals surface area (Å²) in [5.74, 6) is 0.658. The van der Waals surface area contributed by atoms with Gasteiger partial charge in [0.05, 0.1) is 25.0 Å². The Balaban J connectivity index is 0. The molecule has 0 N–H and O–H groups in total. The van der Waals surface area contributed by atoms with Gasteiger partial charge in [-0.25, -0.2) is 0 Å². The topological polar surface area (TPSA) is 52.6 Å². The van der Waals surface area contributed by atoms with Crippen LogP contribution in [0.25, 0.3) is 0 Å². The lowest BCUT2D eigenvalue weighted by atomic mass is 10.2. The van der Waals surface area contributed by atoms with E-state index in [2.05, 4.69) is 0 Å². The van der Waals surface area contributed by atoms with Crippen molar-refractivity contribution in [2.75, 3.05) is 13.2 Å². The van der Waals surface area contributed by atoms with E-state index in [1.54, 1.807) is 0 Å². The minimum absolute atomic E-state index is 0.00116. The third kappa shape index (κ3) is 15.0. The Morgan fingerprint density at radius 1 is 0.650 bits per heavy atom. The van der Waals surface area contributed by atoms with Crippen LogP contribution in [-0.2, 0) is 19.1 Å². The zero-order chi connectivity index (χ0) is 16.3. The van der Waals surface area contributed by atoms with Crippen molar-refractivity contribution in [1.29, 1.82) is 0 Å². The lowest BCUT2D eigenvalue weighted by Crippen LogP contribution is -2.14. The average molecular weight is 288 g/mol. The second-order valence-electron chi connectivity index (χ2n) is 6.36. The number of hydrogen-bond acceptors (Lipinski definition) is 4. The third-order valence-corrected chi connectivity index (χ3v) is 2.06. The predicted octanol–water partition coefficient (Wildman–Crippen LogP) is 3.68. The first-order valence-corrected chi connectivity index (χ1v) is 7.41. The molecule has 0 aromatic carbocycles. The van der Waals surface area contributed by atoms with E-state index in [9.17, 15) is 9.59 Å². The van der Waals surface area contributed by atoms with E-state index < -0.39 is 0 Å². The Bertz CT molecular complexity index is 240. The maximum Gasteiger partial charge on any atom is 0.308 e. The van der Waals surface area contributed by atoms with Gasteiger partial charge in [-0.15, -0.1) is 0 Å². The van der Waals surface area contributed by atoms with Crippen LogP contribution in [0.1, 0.15) is 55.4 Å². The van der Waals surface area contributed by atoms with Gasteiger partial charge in [-0.2, -0.15) is 0 Å². The summed E-state index contributed by atoms with van der Waals surface area (Å²) >= 11 is 0. The van der Waals surface area contributed by atoms with Crippen LogP contribution in [-0.4, -0.2) is 25.2 Å². The number of hydrogen-bond donors (Lipinski definition) is 0. The molecule has 0 aliphatic heterocycles. The second-order valence-corrected chi connectivity index (χ2v) is 6.36. The Kier molecular flexibility index (Phi) is 12.5. The van der Waals surface area contributed by atoms with Crippen molar-refractivity contribution in [2.45, 2.75) is 55.4 Å². The summed E-state index contributed by atoms with van der Waals surface area (Å²) in [6.45, 7) is 16.5. The average Bonchev–Trinajstić information content (AvgIpc) is 2.33. The molecule has 0 radical (unpaired) electrons. The fraction of sp³-hybridized carbons (Fsp3) is 0.875. The molecule has 0 aliphatic carbocycles. The smallest absolute Gasteiger partial charge is 0.308 e. The van der Waals surface area contributed by atoms with Gasteiger partial charge in [-0.05, 0) is 11.8 Å². The van der Waals surface area contributed by atoms with Crippen molar-refractivity contribution < 1.29 is 19.1 Å². The van der Waals surface area contributed by atoms with Crippen LogP contribution in [0.5, 0.6) is 0 Å². The van der Waals surface area contributed by atoms with Crippen molar-refractivity contribution in [1.82, 2.24) is 0 Å². The van der Waals surface area contributed by atoms with Crippen molar-refractivity contribution >= 4 is 11.9 Å². The van der Waals surface area contributed by atoms with Gasteiger partial charge >= 0.3 is 11.9 Å². The molecular formula is C16H32O4. The molecule has 120 valence electrons. The summed E-state index contributed by atoms with van der Waals surface area (Å²) in [7, 11) is 0. The second kappa shape index (κ2) is 11.7. The summed E-state index contributed by atoms with van der Waals surface area (Å²) in [6, 6.07) is 0. The fourth-order valence-electron chi connectivity index (χ4n) is 0.831. The molecule has 0 heterocycles.